The molecule has 0 radical (unpaired) electrons. The van der Waals surface area contributed by atoms with Crippen LogP contribution in [-0.2, 0) is 30.4 Å². The lowest BCUT2D eigenvalue weighted by molar-refractivity contribution is -0.190. The third-order valence-electron chi connectivity index (χ3n) is 4.23. The largest absolute Gasteiger partial charge is 0.481 e. The first-order valence-corrected chi connectivity index (χ1v) is 9.48. The molecule has 0 aromatic heterocycles. The Morgan fingerprint density at radius 1 is 1.21 bits per heavy atom. The van der Waals surface area contributed by atoms with Crippen LogP contribution in [-0.4, -0.2) is 48.5 Å². The first-order chi connectivity index (χ1) is 13.5. The van der Waals surface area contributed by atoms with Gasteiger partial charge in [0.1, 0.15) is 18.8 Å². The van der Waals surface area contributed by atoms with Gasteiger partial charge >= 0.3 is 12.1 Å². The van der Waals surface area contributed by atoms with Gasteiger partial charge in [-0.3, -0.25) is 9.59 Å². The number of alkyl carbamates (subject to hydrolysis) is 1. The van der Waals surface area contributed by atoms with E-state index in [1.54, 1.807) is 0 Å². The number of nitrogens with one attached hydrogen (secondary N) is 1. The lowest BCUT2D eigenvalue weighted by atomic mass is 10.1. The summed E-state index contributed by atoms with van der Waals surface area (Å²) >= 11 is 0. The van der Waals surface area contributed by atoms with E-state index in [9.17, 15) is 14.4 Å². The van der Waals surface area contributed by atoms with Crippen LogP contribution in [0, 0.1) is 0 Å². The van der Waals surface area contributed by atoms with Gasteiger partial charge in [-0.25, -0.2) is 4.79 Å². The number of aliphatic carboxylic acids is 1. The highest BCUT2D eigenvalue weighted by Gasteiger charge is 2.23. The summed E-state index contributed by atoms with van der Waals surface area (Å²) in [6, 6.07) is 9.32. The fraction of sp³-hybridized carbons (Fsp3) is 0.550. The predicted octanol–water partition coefficient (Wildman–Crippen LogP) is 2.65. The predicted molar refractivity (Wildman–Crippen MR) is 99.6 cm³/mol. The van der Waals surface area contributed by atoms with Crippen LogP contribution in [0.4, 0.5) is 4.79 Å². The SMILES string of the molecule is O=C(O)CC(=O)CC(CCNC(=O)OCc1ccccc1)OC1CCCCO1. The highest BCUT2D eigenvalue weighted by Crippen LogP contribution is 2.18. The second-order valence-electron chi connectivity index (χ2n) is 6.64. The molecule has 0 saturated carbocycles. The molecule has 8 heteroatoms. The van der Waals surface area contributed by atoms with Crippen LogP contribution in [0.5, 0.6) is 0 Å². The van der Waals surface area contributed by atoms with Gasteiger partial charge in [0.2, 0.25) is 0 Å². The summed E-state index contributed by atoms with van der Waals surface area (Å²) in [4.78, 5) is 34.4. The average molecular weight is 393 g/mol. The Bertz CT molecular complexity index is 629. The van der Waals surface area contributed by atoms with E-state index < -0.39 is 36.7 Å². The Morgan fingerprint density at radius 3 is 2.68 bits per heavy atom. The molecule has 2 N–H and O–H groups in total. The number of ether oxygens (including phenoxy) is 3. The fourth-order valence-corrected chi connectivity index (χ4v) is 2.86. The van der Waals surface area contributed by atoms with Gasteiger partial charge in [0.15, 0.2) is 6.29 Å². The van der Waals surface area contributed by atoms with Crippen molar-refractivity contribution in [3.8, 4) is 0 Å². The van der Waals surface area contributed by atoms with Crippen LogP contribution >= 0.6 is 0 Å². The molecule has 1 amide bonds. The van der Waals surface area contributed by atoms with Crippen molar-refractivity contribution >= 4 is 17.8 Å². The van der Waals surface area contributed by atoms with E-state index in [0.29, 0.717) is 13.0 Å². The Morgan fingerprint density at radius 2 is 2.00 bits per heavy atom. The molecule has 2 atom stereocenters. The molecular weight excluding hydrogens is 366 g/mol. The van der Waals surface area contributed by atoms with E-state index in [1.165, 1.54) is 0 Å². The van der Waals surface area contributed by atoms with Crippen molar-refractivity contribution in [1.82, 2.24) is 5.32 Å². The van der Waals surface area contributed by atoms with E-state index in [2.05, 4.69) is 5.32 Å². The van der Waals surface area contributed by atoms with Gasteiger partial charge in [0.25, 0.3) is 0 Å². The molecular formula is C20H27NO7. The van der Waals surface area contributed by atoms with Gasteiger partial charge in [0.05, 0.1) is 6.10 Å². The molecule has 1 aliphatic heterocycles. The molecule has 8 nitrogen and oxygen atoms in total. The van der Waals surface area contributed by atoms with Crippen molar-refractivity contribution in [3.05, 3.63) is 35.9 Å². The molecule has 28 heavy (non-hydrogen) atoms. The fourth-order valence-electron chi connectivity index (χ4n) is 2.86. The standard InChI is InChI=1S/C20H27NO7/c22-16(13-18(23)24)12-17(28-19-8-4-5-11-26-19)9-10-21-20(25)27-14-15-6-2-1-3-7-15/h1-3,6-7,17,19H,4-5,8-14H2,(H,21,25)(H,23,24). The van der Waals surface area contributed by atoms with Crippen molar-refractivity contribution in [1.29, 1.82) is 0 Å². The Labute approximate surface area is 164 Å². The molecule has 2 unspecified atom stereocenters. The van der Waals surface area contributed by atoms with E-state index in [-0.39, 0.29) is 19.6 Å². The number of hydrogen-bond donors (Lipinski definition) is 2. The van der Waals surface area contributed by atoms with Gasteiger partial charge in [0, 0.05) is 19.6 Å². The number of carbonyl (C=O) groups is 3. The summed E-state index contributed by atoms with van der Waals surface area (Å²) < 4.78 is 16.5. The topological polar surface area (TPSA) is 111 Å². The monoisotopic (exact) mass is 393 g/mol. The Balaban J connectivity index is 1.75. The minimum absolute atomic E-state index is 0.0348. The molecule has 1 aromatic carbocycles. The second kappa shape index (κ2) is 12.1. The van der Waals surface area contributed by atoms with Gasteiger partial charge in [-0.2, -0.15) is 0 Å². The molecule has 1 aromatic rings. The number of Topliss-reactive ketones (excluding diaryl/α,β-unsaturated/α-hetero) is 1. The lowest BCUT2D eigenvalue weighted by Gasteiger charge is -2.27. The maximum Gasteiger partial charge on any atom is 0.407 e. The van der Waals surface area contributed by atoms with Crippen molar-refractivity contribution < 1.29 is 33.7 Å². The molecule has 1 saturated heterocycles. The second-order valence-corrected chi connectivity index (χ2v) is 6.64. The van der Waals surface area contributed by atoms with Crippen LogP contribution in [0.3, 0.4) is 0 Å². The highest BCUT2D eigenvalue weighted by atomic mass is 16.7. The number of rotatable bonds is 11. The molecule has 2 rings (SSSR count). The molecule has 0 aliphatic carbocycles. The van der Waals surface area contributed by atoms with Crippen molar-refractivity contribution in [3.63, 3.8) is 0 Å². The first kappa shape index (κ1) is 21.8. The van der Waals surface area contributed by atoms with Crippen LogP contribution in [0.2, 0.25) is 0 Å². The van der Waals surface area contributed by atoms with Gasteiger partial charge < -0.3 is 24.6 Å². The maximum absolute atomic E-state index is 11.8. The van der Waals surface area contributed by atoms with Crippen molar-refractivity contribution in [2.45, 2.75) is 57.5 Å². The maximum atomic E-state index is 11.8. The third kappa shape index (κ3) is 8.96. The van der Waals surface area contributed by atoms with Gasteiger partial charge in [-0.15, -0.1) is 0 Å². The van der Waals surface area contributed by atoms with Crippen LogP contribution in [0.15, 0.2) is 30.3 Å². The third-order valence-corrected chi connectivity index (χ3v) is 4.23. The molecule has 154 valence electrons. The number of carbonyl (C=O) groups excluding carboxylic acids is 2. The molecule has 1 heterocycles. The van der Waals surface area contributed by atoms with Crippen molar-refractivity contribution in [2.24, 2.45) is 0 Å². The minimum Gasteiger partial charge on any atom is -0.481 e. The van der Waals surface area contributed by atoms with E-state index in [4.69, 9.17) is 19.3 Å². The van der Waals surface area contributed by atoms with E-state index in [1.807, 2.05) is 30.3 Å². The molecule has 1 aliphatic rings. The molecule has 0 bridgehead atoms. The Hall–Kier alpha value is -2.45. The summed E-state index contributed by atoms with van der Waals surface area (Å²) in [6.07, 6.45) is 0.966. The van der Waals surface area contributed by atoms with E-state index in [0.717, 1.165) is 24.8 Å². The van der Waals surface area contributed by atoms with Crippen LogP contribution in [0.25, 0.3) is 0 Å². The summed E-state index contributed by atoms with van der Waals surface area (Å²) in [5.74, 6) is -1.58. The first-order valence-electron chi connectivity index (χ1n) is 9.48. The normalized spacial score (nSPS) is 17.5. The summed E-state index contributed by atoms with van der Waals surface area (Å²) in [5.41, 5.74) is 0.882. The number of carboxylic acid groups (broad SMARTS) is 1. The molecule has 1 fully saturated rings. The molecule has 0 spiro atoms. The minimum atomic E-state index is -1.17. The van der Waals surface area contributed by atoms with Gasteiger partial charge in [-0.1, -0.05) is 30.3 Å². The number of ketones is 1. The summed E-state index contributed by atoms with van der Waals surface area (Å²) in [6.45, 7) is 1.01. The quantitative estimate of drug-likeness (QED) is 0.556. The zero-order valence-electron chi connectivity index (χ0n) is 15.8. The Kier molecular flexibility index (Phi) is 9.44. The smallest absolute Gasteiger partial charge is 0.407 e. The summed E-state index contributed by atoms with van der Waals surface area (Å²) in [7, 11) is 0. The lowest BCUT2D eigenvalue weighted by Crippen LogP contribution is -2.33. The number of hydrogen-bond acceptors (Lipinski definition) is 6. The number of benzene rings is 1. The van der Waals surface area contributed by atoms with Crippen LogP contribution in [0.1, 0.15) is 44.1 Å². The zero-order chi connectivity index (χ0) is 20.2. The number of amides is 1. The summed E-state index contributed by atoms with van der Waals surface area (Å²) in [5, 5.41) is 11.4. The zero-order valence-corrected chi connectivity index (χ0v) is 15.8. The van der Waals surface area contributed by atoms with Crippen LogP contribution < -0.4 is 5.32 Å². The number of carboxylic acids is 1. The van der Waals surface area contributed by atoms with E-state index >= 15 is 0 Å². The van der Waals surface area contributed by atoms with Gasteiger partial charge in [-0.05, 0) is 31.2 Å². The van der Waals surface area contributed by atoms with Crippen molar-refractivity contribution in [2.75, 3.05) is 13.2 Å². The average Bonchev–Trinajstić information content (AvgIpc) is 2.67. The highest BCUT2D eigenvalue weighted by molar-refractivity contribution is 5.94.